The Bertz CT molecular complexity index is 1170. The van der Waals surface area contributed by atoms with Crippen LogP contribution in [0.1, 0.15) is 34.5 Å². The second-order valence-corrected chi connectivity index (χ2v) is 7.97. The van der Waals surface area contributed by atoms with E-state index in [4.69, 9.17) is 4.74 Å². The molecule has 9 nitrogen and oxygen atoms in total. The second-order valence-electron chi connectivity index (χ2n) is 7.97. The van der Waals surface area contributed by atoms with Crippen molar-refractivity contribution in [2.24, 2.45) is 13.0 Å². The van der Waals surface area contributed by atoms with Gasteiger partial charge in [0.1, 0.15) is 6.61 Å². The van der Waals surface area contributed by atoms with Crippen LogP contribution >= 0.6 is 0 Å². The number of benzene rings is 2. The van der Waals surface area contributed by atoms with Crippen LogP contribution in [-0.4, -0.2) is 46.0 Å². The highest BCUT2D eigenvalue weighted by Gasteiger charge is 2.29. The molecule has 3 aromatic rings. The molecule has 1 aliphatic carbocycles. The average molecular weight is 448 g/mol. The van der Waals surface area contributed by atoms with Crippen LogP contribution in [-0.2, 0) is 16.6 Å². The number of fused-ring (bicyclic) bond motifs is 3. The minimum absolute atomic E-state index is 0.0329. The number of aryl methyl sites for hydroxylation is 1. The number of aromatic nitrogens is 2. The number of nitrogens with one attached hydrogen (secondary N) is 2. The molecule has 0 saturated heterocycles. The maximum atomic E-state index is 12.4. The molecular formula is C24H24N4O5. The van der Waals surface area contributed by atoms with E-state index in [0.717, 1.165) is 22.3 Å². The van der Waals surface area contributed by atoms with Gasteiger partial charge in [-0.3, -0.25) is 9.48 Å². The predicted octanol–water partition coefficient (Wildman–Crippen LogP) is 3.23. The van der Waals surface area contributed by atoms with Crippen molar-refractivity contribution < 1.29 is 24.2 Å². The van der Waals surface area contributed by atoms with Crippen LogP contribution in [0.5, 0.6) is 0 Å². The molecule has 4 rings (SSSR count). The van der Waals surface area contributed by atoms with Crippen LogP contribution in [0, 0.1) is 5.92 Å². The van der Waals surface area contributed by atoms with Gasteiger partial charge in [0.15, 0.2) is 5.69 Å². The predicted molar refractivity (Wildman–Crippen MR) is 121 cm³/mol. The first-order valence-electron chi connectivity index (χ1n) is 10.5. The Balaban J connectivity index is 1.31. The highest BCUT2D eigenvalue weighted by atomic mass is 16.5. The van der Waals surface area contributed by atoms with Crippen LogP contribution in [0.4, 0.5) is 10.5 Å². The maximum absolute atomic E-state index is 12.4. The van der Waals surface area contributed by atoms with Gasteiger partial charge in [0, 0.05) is 25.7 Å². The first-order valence-corrected chi connectivity index (χ1v) is 10.5. The third-order valence-electron chi connectivity index (χ3n) is 5.63. The van der Waals surface area contributed by atoms with Gasteiger partial charge in [-0.05, 0) is 22.3 Å². The van der Waals surface area contributed by atoms with Gasteiger partial charge in [-0.2, -0.15) is 5.10 Å². The fraction of sp³-hybridized carbons (Fsp3) is 0.250. The summed E-state index contributed by atoms with van der Waals surface area (Å²) >= 11 is 0. The fourth-order valence-corrected chi connectivity index (χ4v) is 3.97. The van der Waals surface area contributed by atoms with Crippen molar-refractivity contribution >= 4 is 23.7 Å². The van der Waals surface area contributed by atoms with Crippen molar-refractivity contribution in [2.45, 2.75) is 12.8 Å². The van der Waals surface area contributed by atoms with Gasteiger partial charge < -0.3 is 20.5 Å². The van der Waals surface area contributed by atoms with Crippen molar-refractivity contribution in [1.29, 1.82) is 0 Å². The van der Waals surface area contributed by atoms with Gasteiger partial charge in [-0.25, -0.2) is 9.59 Å². The van der Waals surface area contributed by atoms with Crippen molar-refractivity contribution in [3.8, 4) is 11.1 Å². The number of aromatic carboxylic acids is 1. The molecule has 0 fully saturated rings. The molecule has 1 heterocycles. The number of ether oxygens (including phenoxy) is 1. The van der Waals surface area contributed by atoms with E-state index < -0.39 is 23.9 Å². The molecule has 3 N–H and O–H groups in total. The lowest BCUT2D eigenvalue weighted by atomic mass is 9.98. The Labute approximate surface area is 190 Å². The van der Waals surface area contributed by atoms with E-state index in [9.17, 15) is 19.5 Å². The van der Waals surface area contributed by atoms with Crippen LogP contribution in [0.3, 0.4) is 0 Å². The number of nitrogens with zero attached hydrogens (tertiary/aromatic N) is 2. The summed E-state index contributed by atoms with van der Waals surface area (Å²) in [5.74, 6) is -2.35. The Morgan fingerprint density at radius 1 is 1.09 bits per heavy atom. The van der Waals surface area contributed by atoms with Crippen molar-refractivity contribution in [3.05, 3.63) is 71.5 Å². The fourth-order valence-electron chi connectivity index (χ4n) is 3.97. The van der Waals surface area contributed by atoms with E-state index >= 15 is 0 Å². The molecule has 1 aliphatic rings. The van der Waals surface area contributed by atoms with E-state index in [1.165, 1.54) is 10.9 Å². The lowest BCUT2D eigenvalue weighted by molar-refractivity contribution is -0.119. The summed E-state index contributed by atoms with van der Waals surface area (Å²) in [5.41, 5.74) is 4.37. The topological polar surface area (TPSA) is 123 Å². The molecular weight excluding hydrogens is 424 g/mol. The normalized spacial score (nSPS) is 13.0. The first kappa shape index (κ1) is 22.1. The van der Waals surface area contributed by atoms with Crippen LogP contribution < -0.4 is 10.6 Å². The monoisotopic (exact) mass is 448 g/mol. The highest BCUT2D eigenvalue weighted by Crippen LogP contribution is 2.44. The number of hydrogen-bond acceptors (Lipinski definition) is 5. The number of amides is 2. The molecule has 2 aromatic carbocycles. The number of anilines is 1. The molecule has 1 aromatic heterocycles. The summed E-state index contributed by atoms with van der Waals surface area (Å²) in [6.07, 6.45) is 0.789. The number of rotatable bonds is 7. The van der Waals surface area contributed by atoms with Crippen LogP contribution in [0.2, 0.25) is 0 Å². The Kier molecular flexibility index (Phi) is 6.12. The van der Waals surface area contributed by atoms with E-state index in [1.54, 1.807) is 14.0 Å². The van der Waals surface area contributed by atoms with E-state index in [2.05, 4.69) is 27.9 Å². The molecule has 170 valence electrons. The van der Waals surface area contributed by atoms with Gasteiger partial charge in [0.05, 0.1) is 11.6 Å². The minimum atomic E-state index is -1.24. The van der Waals surface area contributed by atoms with Gasteiger partial charge in [0.25, 0.3) is 0 Å². The summed E-state index contributed by atoms with van der Waals surface area (Å²) in [6.45, 7) is 1.83. The molecule has 1 unspecified atom stereocenters. The molecule has 33 heavy (non-hydrogen) atoms. The zero-order chi connectivity index (χ0) is 23.5. The quantitative estimate of drug-likeness (QED) is 0.510. The molecule has 0 aliphatic heterocycles. The smallest absolute Gasteiger partial charge is 0.407 e. The van der Waals surface area contributed by atoms with Gasteiger partial charge >= 0.3 is 12.1 Å². The lowest BCUT2D eigenvalue weighted by Gasteiger charge is -2.16. The number of carbonyl (C=O) groups excluding carboxylic acids is 2. The SMILES string of the molecule is CC(CNC(=O)OCC1c2ccccc2-c2ccccc21)C(=O)Nc1cn(C)nc1C(=O)O. The second kappa shape index (κ2) is 9.15. The Morgan fingerprint density at radius 2 is 1.70 bits per heavy atom. The zero-order valence-corrected chi connectivity index (χ0v) is 18.2. The minimum Gasteiger partial charge on any atom is -0.476 e. The number of carboxylic acid groups (broad SMARTS) is 1. The van der Waals surface area contributed by atoms with E-state index in [0.29, 0.717) is 0 Å². The van der Waals surface area contributed by atoms with Crippen LogP contribution in [0.15, 0.2) is 54.7 Å². The molecule has 9 heteroatoms. The maximum Gasteiger partial charge on any atom is 0.407 e. The molecule has 0 saturated carbocycles. The summed E-state index contributed by atoms with van der Waals surface area (Å²) in [4.78, 5) is 36.0. The summed E-state index contributed by atoms with van der Waals surface area (Å²) in [5, 5.41) is 18.1. The van der Waals surface area contributed by atoms with Gasteiger partial charge in [-0.15, -0.1) is 0 Å². The summed E-state index contributed by atoms with van der Waals surface area (Å²) in [6, 6.07) is 16.1. The van der Waals surface area contributed by atoms with Crippen molar-refractivity contribution in [3.63, 3.8) is 0 Å². The standard InChI is InChI=1S/C24H24N4O5/c1-14(22(29)26-20-12-28(2)27-21(20)23(30)31)11-25-24(32)33-13-19-17-9-5-3-7-15(17)16-8-4-6-10-18(16)19/h3-10,12,14,19H,11,13H2,1-2H3,(H,25,32)(H,26,29)(H,30,31). The number of carboxylic acids is 1. The Hall–Kier alpha value is -4.14. The van der Waals surface area contributed by atoms with Crippen LogP contribution in [0.25, 0.3) is 11.1 Å². The van der Waals surface area contributed by atoms with Crippen molar-refractivity contribution in [1.82, 2.24) is 15.1 Å². The van der Waals surface area contributed by atoms with Crippen molar-refractivity contribution in [2.75, 3.05) is 18.5 Å². The zero-order valence-electron chi connectivity index (χ0n) is 18.2. The molecule has 0 spiro atoms. The molecule has 2 amide bonds. The summed E-state index contributed by atoms with van der Waals surface area (Å²) < 4.78 is 6.77. The molecule has 0 bridgehead atoms. The largest absolute Gasteiger partial charge is 0.476 e. The number of alkyl carbamates (subject to hydrolysis) is 1. The van der Waals surface area contributed by atoms with Gasteiger partial charge in [0.2, 0.25) is 5.91 Å². The first-order chi connectivity index (χ1) is 15.8. The average Bonchev–Trinajstić information content (AvgIpc) is 3.33. The van der Waals surface area contributed by atoms with Gasteiger partial charge in [-0.1, -0.05) is 55.5 Å². The third-order valence-corrected chi connectivity index (χ3v) is 5.63. The highest BCUT2D eigenvalue weighted by molar-refractivity contribution is 5.99. The third kappa shape index (κ3) is 4.57. The van der Waals surface area contributed by atoms with E-state index in [1.807, 2.05) is 36.4 Å². The lowest BCUT2D eigenvalue weighted by Crippen LogP contribution is -2.35. The molecule has 1 atom stereocenters. The number of hydrogen-bond donors (Lipinski definition) is 3. The van der Waals surface area contributed by atoms with E-state index in [-0.39, 0.29) is 30.5 Å². The number of carbonyl (C=O) groups is 3. The summed E-state index contributed by atoms with van der Waals surface area (Å²) in [7, 11) is 1.56. The Morgan fingerprint density at radius 3 is 2.30 bits per heavy atom. The molecule has 0 radical (unpaired) electrons.